The Labute approximate surface area is 396 Å². The number of hydrogen-bond acceptors (Lipinski definition) is 11. The highest BCUT2D eigenvalue weighted by atomic mass is 32.2. The molecule has 0 unspecified atom stereocenters. The zero-order valence-electron chi connectivity index (χ0n) is 38.4. The Balaban J connectivity index is 0.000000208. The third-order valence-electron chi connectivity index (χ3n) is 10.7. The molecule has 0 aliphatic carbocycles. The number of carboxylic acids is 1. The number of nitrogens with zero attached hydrogens (tertiary/aromatic N) is 7. The number of nitrogens with one attached hydrogen (secondary N) is 2. The number of para-hydroxylation sites is 2. The lowest BCUT2D eigenvalue weighted by atomic mass is 9.99. The van der Waals surface area contributed by atoms with E-state index in [1.807, 2.05) is 45.8 Å². The summed E-state index contributed by atoms with van der Waals surface area (Å²) in [6, 6.07) is 21.9. The van der Waals surface area contributed by atoms with Crippen LogP contribution in [-0.4, -0.2) is 90.4 Å². The molecule has 354 valence electrons. The lowest BCUT2D eigenvalue weighted by Gasteiger charge is -2.17. The van der Waals surface area contributed by atoms with E-state index in [9.17, 15) is 41.8 Å². The van der Waals surface area contributed by atoms with Crippen molar-refractivity contribution in [2.45, 2.75) is 38.9 Å². The maximum atomic E-state index is 14.9. The minimum atomic E-state index is -1.10. The van der Waals surface area contributed by atoms with Crippen LogP contribution in [0, 0.1) is 37.1 Å². The van der Waals surface area contributed by atoms with Crippen molar-refractivity contribution < 1.29 is 32.3 Å². The van der Waals surface area contributed by atoms with Gasteiger partial charge in [0.25, 0.3) is 17.0 Å². The molecule has 0 saturated heterocycles. The third-order valence-corrected chi connectivity index (χ3v) is 11.3. The molecule has 69 heavy (non-hydrogen) atoms. The van der Waals surface area contributed by atoms with Crippen LogP contribution in [0.5, 0.6) is 0 Å². The van der Waals surface area contributed by atoms with Gasteiger partial charge in [0.1, 0.15) is 34.6 Å². The van der Waals surface area contributed by atoms with E-state index in [0.717, 1.165) is 44.5 Å². The summed E-state index contributed by atoms with van der Waals surface area (Å²) in [5.74, 6) is -4.78. The number of aromatic carboxylic acids is 1. The van der Waals surface area contributed by atoms with Crippen molar-refractivity contribution in [1.82, 2.24) is 39.3 Å². The van der Waals surface area contributed by atoms with Crippen molar-refractivity contribution in [1.29, 1.82) is 0 Å². The number of likely N-dealkylation sites (N-methyl/N-ethyl adjacent to an activating group) is 1. The smallest absolute Gasteiger partial charge is 0.335 e. The van der Waals surface area contributed by atoms with Gasteiger partial charge in [-0.25, -0.2) is 37.3 Å². The van der Waals surface area contributed by atoms with Crippen molar-refractivity contribution in [3.8, 4) is 33.9 Å². The van der Waals surface area contributed by atoms with Gasteiger partial charge in [0.15, 0.2) is 16.5 Å². The van der Waals surface area contributed by atoms with Crippen LogP contribution in [0.3, 0.4) is 0 Å². The largest absolute Gasteiger partial charge is 0.478 e. The van der Waals surface area contributed by atoms with Gasteiger partial charge in [-0.15, -0.1) is 0 Å². The topological polar surface area (TPSA) is 177 Å². The fraction of sp³-hybridized carbons (Fsp3) is 0.200. The third kappa shape index (κ3) is 10.4. The Morgan fingerprint density at radius 1 is 0.681 bits per heavy atom. The molecular weight excluding hydrogens is 915 g/mol. The van der Waals surface area contributed by atoms with Gasteiger partial charge in [-0.1, -0.05) is 36.0 Å². The number of carboxylic acid groups (broad SMARTS) is 1. The molecule has 0 radical (unpaired) electrons. The highest BCUT2D eigenvalue weighted by Crippen LogP contribution is 2.34. The second kappa shape index (κ2) is 20.6. The lowest BCUT2D eigenvalue weighted by molar-refractivity contribution is 0.0696. The molecule has 0 atom stereocenters. The van der Waals surface area contributed by atoms with E-state index in [2.05, 4.69) is 25.6 Å². The van der Waals surface area contributed by atoms with Crippen molar-refractivity contribution in [3.05, 3.63) is 163 Å². The fourth-order valence-electron chi connectivity index (χ4n) is 7.39. The number of halogens is 4. The summed E-state index contributed by atoms with van der Waals surface area (Å²) in [7, 11) is 3.84. The number of benzene rings is 4. The van der Waals surface area contributed by atoms with E-state index in [0.29, 0.717) is 51.9 Å². The molecule has 4 aromatic heterocycles. The summed E-state index contributed by atoms with van der Waals surface area (Å²) < 4.78 is 60.6. The van der Waals surface area contributed by atoms with Crippen molar-refractivity contribution in [2.24, 2.45) is 0 Å². The number of thioether (sulfide) groups is 1. The van der Waals surface area contributed by atoms with Gasteiger partial charge in [-0.05, 0) is 120 Å². The van der Waals surface area contributed by atoms with E-state index < -0.39 is 51.7 Å². The van der Waals surface area contributed by atoms with Crippen molar-refractivity contribution >= 4 is 51.7 Å². The number of pyridine rings is 2. The normalized spacial score (nSPS) is 11.3. The van der Waals surface area contributed by atoms with E-state index in [-0.39, 0.29) is 39.9 Å². The summed E-state index contributed by atoms with van der Waals surface area (Å²) in [5, 5.41) is 16.4. The molecule has 1 amide bonds. The first-order valence-electron chi connectivity index (χ1n) is 21.3. The Morgan fingerprint density at radius 3 is 1.64 bits per heavy atom. The first-order chi connectivity index (χ1) is 32.9. The highest BCUT2D eigenvalue weighted by molar-refractivity contribution is 7.98. The standard InChI is InChI=1S/C28H30F2N6O2.C22H15F2N3O3S/c1-16(2)32-27(38)18-10-9-17(3)20(15-18)24-19-11-12-23(37)36(25-21(29)7-6-8-22(25)30)26(19)34-28(33-24)31-13-14-35(4)5;1-11-6-7-12(21(29)30)10-14(11)18-13-8-9-17(28)27(20(13)26-22(25-18)31-2)19-15(23)4-3-5-16(19)24/h6-12,15-16H,13-14H2,1-5H3,(H,32,38)(H,31,33,34);3-10H,1-2H3,(H,29,30). The quantitative estimate of drug-likeness (QED) is 0.0605. The van der Waals surface area contributed by atoms with E-state index >= 15 is 0 Å². The predicted octanol–water partition coefficient (Wildman–Crippen LogP) is 8.60. The summed E-state index contributed by atoms with van der Waals surface area (Å²) in [5.41, 5.74) is 1.67. The molecule has 4 aromatic carbocycles. The summed E-state index contributed by atoms with van der Waals surface area (Å²) >= 11 is 1.19. The molecular formula is C50H45F4N9O5S. The van der Waals surface area contributed by atoms with Gasteiger partial charge >= 0.3 is 5.97 Å². The van der Waals surface area contributed by atoms with Crippen LogP contribution in [0.25, 0.3) is 56.0 Å². The van der Waals surface area contributed by atoms with E-state index in [1.54, 1.807) is 31.4 Å². The zero-order valence-corrected chi connectivity index (χ0v) is 39.2. The molecule has 8 rings (SSSR count). The molecule has 14 nitrogen and oxygen atoms in total. The van der Waals surface area contributed by atoms with Crippen LogP contribution < -0.4 is 21.8 Å². The molecule has 0 spiro atoms. The highest BCUT2D eigenvalue weighted by Gasteiger charge is 2.23. The predicted molar refractivity (Wildman–Crippen MR) is 259 cm³/mol. The van der Waals surface area contributed by atoms with E-state index in [1.165, 1.54) is 60.3 Å². The lowest BCUT2D eigenvalue weighted by Crippen LogP contribution is -2.30. The van der Waals surface area contributed by atoms with Crippen LogP contribution in [0.4, 0.5) is 23.5 Å². The first-order valence-corrected chi connectivity index (χ1v) is 22.6. The average molecular weight is 960 g/mol. The monoisotopic (exact) mass is 959 g/mol. The molecule has 0 bridgehead atoms. The number of fused-ring (bicyclic) bond motifs is 2. The van der Waals surface area contributed by atoms with Gasteiger partial charge in [-0.3, -0.25) is 23.5 Å². The van der Waals surface area contributed by atoms with Gasteiger partial charge in [0.05, 0.1) is 17.0 Å². The number of anilines is 1. The number of aryl methyl sites for hydroxylation is 2. The van der Waals surface area contributed by atoms with Crippen LogP contribution in [-0.2, 0) is 0 Å². The van der Waals surface area contributed by atoms with Gasteiger partial charge in [0.2, 0.25) is 5.95 Å². The van der Waals surface area contributed by atoms with Crippen molar-refractivity contribution in [2.75, 3.05) is 38.8 Å². The molecule has 0 aliphatic rings. The molecule has 0 saturated carbocycles. The van der Waals surface area contributed by atoms with Gasteiger partial charge in [-0.2, -0.15) is 4.98 Å². The number of aromatic nitrogens is 6. The first kappa shape index (κ1) is 49.1. The fourth-order valence-corrected chi connectivity index (χ4v) is 7.75. The number of hydrogen-bond donors (Lipinski definition) is 3. The minimum Gasteiger partial charge on any atom is -0.478 e. The average Bonchev–Trinajstić information content (AvgIpc) is 3.29. The van der Waals surface area contributed by atoms with Crippen molar-refractivity contribution in [3.63, 3.8) is 0 Å². The van der Waals surface area contributed by atoms with Crippen LogP contribution in [0.15, 0.2) is 112 Å². The number of carbonyl (C=O) groups is 2. The second-order valence-electron chi connectivity index (χ2n) is 16.3. The molecule has 8 aromatic rings. The van der Waals surface area contributed by atoms with E-state index in [4.69, 9.17) is 4.98 Å². The molecule has 4 heterocycles. The maximum Gasteiger partial charge on any atom is 0.335 e. The van der Waals surface area contributed by atoms with Gasteiger partial charge < -0.3 is 20.6 Å². The minimum absolute atomic E-state index is 0.0194. The molecule has 0 aliphatic heterocycles. The molecule has 0 fully saturated rings. The molecule has 19 heteroatoms. The summed E-state index contributed by atoms with van der Waals surface area (Å²) in [6.45, 7) is 8.57. The van der Waals surface area contributed by atoms with Crippen LogP contribution >= 0.6 is 11.8 Å². The SMILES string of the molecule is CSc1nc(-c2cc(C(=O)O)ccc2C)c2ccc(=O)n(-c3c(F)cccc3F)c2n1.Cc1ccc(C(=O)NC(C)C)cc1-c1nc(NCCN(C)C)nc2c1ccc(=O)n2-c1c(F)cccc1F. The number of carbonyl (C=O) groups excluding carboxylic acids is 1. The Hall–Kier alpha value is -7.77. The Morgan fingerprint density at radius 2 is 1.16 bits per heavy atom. The number of amides is 1. The Bertz CT molecular complexity index is 3400. The number of rotatable bonds is 12. The van der Waals surface area contributed by atoms with Crippen LogP contribution in [0.2, 0.25) is 0 Å². The van der Waals surface area contributed by atoms with Crippen LogP contribution in [0.1, 0.15) is 45.7 Å². The second-order valence-corrected chi connectivity index (χ2v) is 17.1. The Kier molecular flexibility index (Phi) is 14.7. The molecule has 3 N–H and O–H groups in total. The summed E-state index contributed by atoms with van der Waals surface area (Å²) in [4.78, 5) is 70.0. The van der Waals surface area contributed by atoms with Gasteiger partial charge in [0, 0.05) is 58.7 Å². The summed E-state index contributed by atoms with van der Waals surface area (Å²) in [6.07, 6.45) is 1.72. The zero-order chi connectivity index (χ0) is 49.8. The maximum absolute atomic E-state index is 14.9.